The molecule has 0 aliphatic carbocycles. The molecule has 0 unspecified atom stereocenters. The Morgan fingerprint density at radius 2 is 1.96 bits per heavy atom. The molecule has 0 radical (unpaired) electrons. The lowest BCUT2D eigenvalue weighted by Gasteiger charge is -2.10. The van der Waals surface area contributed by atoms with Gasteiger partial charge in [0.1, 0.15) is 10.4 Å². The van der Waals surface area contributed by atoms with Crippen LogP contribution in [-0.4, -0.2) is 14.1 Å². The minimum atomic E-state index is -1.06. The molecule has 8 heteroatoms. The van der Waals surface area contributed by atoms with E-state index in [9.17, 15) is 18.4 Å². The molecule has 0 saturated heterocycles. The first-order chi connectivity index (χ1) is 12.8. The molecule has 2 aromatic heterocycles. The van der Waals surface area contributed by atoms with E-state index < -0.39 is 28.6 Å². The van der Waals surface area contributed by atoms with E-state index in [1.807, 2.05) is 0 Å². The predicted molar refractivity (Wildman–Crippen MR) is 101 cm³/mol. The van der Waals surface area contributed by atoms with Crippen molar-refractivity contribution in [2.24, 2.45) is 7.05 Å². The first-order valence-electron chi connectivity index (χ1n) is 7.71. The lowest BCUT2D eigenvalue weighted by atomic mass is 10.1. The van der Waals surface area contributed by atoms with Crippen LogP contribution in [0.1, 0.15) is 12.5 Å². The van der Waals surface area contributed by atoms with Gasteiger partial charge in [-0.1, -0.05) is 30.6 Å². The second-order valence-electron chi connectivity index (χ2n) is 5.61. The quantitative estimate of drug-likeness (QED) is 0.504. The fourth-order valence-electron chi connectivity index (χ4n) is 2.49. The topological polar surface area (TPSA) is 56.9 Å². The molecule has 0 amide bonds. The van der Waals surface area contributed by atoms with E-state index >= 15 is 0 Å². The van der Waals surface area contributed by atoms with Gasteiger partial charge in [0, 0.05) is 12.6 Å². The lowest BCUT2D eigenvalue weighted by molar-refractivity contribution is 0.559. The Labute approximate surface area is 156 Å². The highest BCUT2D eigenvalue weighted by Gasteiger charge is 2.21. The van der Waals surface area contributed by atoms with Gasteiger partial charge in [0.05, 0.1) is 5.51 Å². The zero-order valence-electron chi connectivity index (χ0n) is 14.4. The minimum Gasteiger partial charge on any atom is -0.279 e. The largest absolute Gasteiger partial charge is 0.337 e. The average molecular weight is 385 g/mol. The normalized spacial score (nSPS) is 11.3. The van der Waals surface area contributed by atoms with Crippen LogP contribution >= 0.6 is 11.3 Å². The van der Waals surface area contributed by atoms with Gasteiger partial charge in [0.2, 0.25) is 0 Å². The number of aromatic nitrogens is 3. The van der Waals surface area contributed by atoms with E-state index in [-0.39, 0.29) is 15.9 Å². The zero-order chi connectivity index (χ0) is 19.7. The summed E-state index contributed by atoms with van der Waals surface area (Å²) in [5, 5.41) is 0. The molecule has 136 valence electrons. The second kappa shape index (κ2) is 7.13. The maximum atomic E-state index is 14.6. The average Bonchev–Trinajstić information content (AvgIpc) is 3.11. The molecule has 0 aliphatic heterocycles. The molecule has 0 aliphatic rings. The molecule has 3 aromatic rings. The Bertz CT molecular complexity index is 1260. The summed E-state index contributed by atoms with van der Waals surface area (Å²) in [6, 6.07) is 1.96. The van der Waals surface area contributed by atoms with Crippen LogP contribution in [0.25, 0.3) is 16.0 Å². The van der Waals surface area contributed by atoms with Crippen LogP contribution in [0.5, 0.6) is 0 Å². The summed E-state index contributed by atoms with van der Waals surface area (Å²) >= 11 is 0.991. The van der Waals surface area contributed by atoms with Crippen LogP contribution in [-0.2, 0) is 7.05 Å². The van der Waals surface area contributed by atoms with Gasteiger partial charge in [-0.15, -0.1) is 11.3 Å². The van der Waals surface area contributed by atoms with E-state index in [1.165, 1.54) is 12.6 Å². The Hall–Kier alpha value is -3.31. The van der Waals surface area contributed by atoms with Gasteiger partial charge in [0.15, 0.2) is 17.3 Å². The molecular weight excluding hydrogens is 372 g/mol. The third-order valence-corrected chi connectivity index (χ3v) is 4.56. The van der Waals surface area contributed by atoms with Crippen LogP contribution in [0.4, 0.5) is 8.78 Å². The number of fused-ring (bicyclic) bond motifs is 1. The fourth-order valence-corrected chi connectivity index (χ4v) is 3.24. The second-order valence-corrected chi connectivity index (χ2v) is 6.47. The summed E-state index contributed by atoms with van der Waals surface area (Å²) in [4.78, 5) is 29.0. The molecule has 1 aromatic carbocycles. The third-order valence-electron chi connectivity index (χ3n) is 3.75. The first kappa shape index (κ1) is 18.5. The smallest absolute Gasteiger partial charge is 0.279 e. The van der Waals surface area contributed by atoms with Crippen molar-refractivity contribution in [2.45, 2.75) is 6.92 Å². The van der Waals surface area contributed by atoms with Crippen molar-refractivity contribution in [3.8, 4) is 17.5 Å². The van der Waals surface area contributed by atoms with E-state index in [0.29, 0.717) is 10.1 Å². The number of aryl methyl sites for hydroxylation is 1. The maximum absolute atomic E-state index is 14.6. The summed E-state index contributed by atoms with van der Waals surface area (Å²) in [6.07, 6.45) is 3.20. The Kier molecular flexibility index (Phi) is 4.88. The SMILES string of the molecule is C=C/C=C(\C)C#Cc1cc(F)c(-n2c(=O)c3scnc3n(C)c2=O)c(F)c1. The van der Waals surface area contributed by atoms with Crippen molar-refractivity contribution in [1.82, 2.24) is 14.1 Å². The van der Waals surface area contributed by atoms with Crippen LogP contribution in [0.2, 0.25) is 0 Å². The number of thiazole rings is 1. The molecule has 27 heavy (non-hydrogen) atoms. The van der Waals surface area contributed by atoms with Crippen molar-refractivity contribution >= 4 is 21.7 Å². The first-order valence-corrected chi connectivity index (χ1v) is 8.59. The summed E-state index contributed by atoms with van der Waals surface area (Å²) in [5.41, 5.74) is -0.152. The van der Waals surface area contributed by atoms with E-state index in [2.05, 4.69) is 23.4 Å². The Balaban J connectivity index is 2.24. The number of rotatable bonds is 2. The molecule has 0 N–H and O–H groups in total. The molecule has 0 fully saturated rings. The van der Waals surface area contributed by atoms with E-state index in [4.69, 9.17) is 0 Å². The Morgan fingerprint density at radius 1 is 1.30 bits per heavy atom. The standard InChI is InChI=1S/C19H13F2N3O2S/c1-4-5-11(2)6-7-12-8-13(20)15(14(21)9-12)24-18(25)16-17(22-10-27-16)23(3)19(24)26/h4-5,8-10H,1H2,2-3H3/b11-5+. The van der Waals surface area contributed by atoms with Crippen LogP contribution in [0.15, 0.2) is 51.5 Å². The Morgan fingerprint density at radius 3 is 2.59 bits per heavy atom. The van der Waals surface area contributed by atoms with Gasteiger partial charge < -0.3 is 0 Å². The highest BCUT2D eigenvalue weighted by atomic mass is 32.1. The van der Waals surface area contributed by atoms with Gasteiger partial charge in [-0.2, -0.15) is 0 Å². The lowest BCUT2D eigenvalue weighted by Crippen LogP contribution is -2.38. The van der Waals surface area contributed by atoms with Gasteiger partial charge in [0.25, 0.3) is 5.56 Å². The molecule has 0 bridgehead atoms. The third kappa shape index (κ3) is 3.25. The highest BCUT2D eigenvalue weighted by molar-refractivity contribution is 7.16. The number of nitrogens with zero attached hydrogens (tertiary/aromatic N) is 3. The van der Waals surface area contributed by atoms with Crippen molar-refractivity contribution < 1.29 is 8.78 Å². The fraction of sp³-hybridized carbons (Fsp3) is 0.105. The number of allylic oxidation sites excluding steroid dienone is 3. The number of hydrogen-bond acceptors (Lipinski definition) is 4. The molecule has 2 heterocycles. The summed E-state index contributed by atoms with van der Waals surface area (Å²) in [7, 11) is 1.38. The maximum Gasteiger partial charge on any atom is 0.337 e. The van der Waals surface area contributed by atoms with Crippen molar-refractivity contribution in [3.05, 3.63) is 80.0 Å². The van der Waals surface area contributed by atoms with Gasteiger partial charge in [-0.25, -0.2) is 23.1 Å². The number of benzene rings is 1. The number of halogens is 2. The van der Waals surface area contributed by atoms with Crippen molar-refractivity contribution in [2.75, 3.05) is 0 Å². The van der Waals surface area contributed by atoms with Crippen LogP contribution in [0, 0.1) is 23.5 Å². The van der Waals surface area contributed by atoms with Crippen molar-refractivity contribution in [3.63, 3.8) is 0 Å². The molecule has 5 nitrogen and oxygen atoms in total. The predicted octanol–water partition coefficient (Wildman–Crippen LogP) is 2.91. The molecule has 0 saturated carbocycles. The van der Waals surface area contributed by atoms with Crippen LogP contribution < -0.4 is 11.2 Å². The molecular formula is C19H13F2N3O2S. The number of hydrogen-bond donors (Lipinski definition) is 0. The van der Waals surface area contributed by atoms with E-state index in [1.54, 1.807) is 19.1 Å². The molecule has 0 atom stereocenters. The molecule has 0 spiro atoms. The summed E-state index contributed by atoms with van der Waals surface area (Å²) < 4.78 is 30.9. The van der Waals surface area contributed by atoms with Crippen molar-refractivity contribution in [1.29, 1.82) is 0 Å². The highest BCUT2D eigenvalue weighted by Crippen LogP contribution is 2.19. The van der Waals surface area contributed by atoms with Crippen LogP contribution in [0.3, 0.4) is 0 Å². The van der Waals surface area contributed by atoms with E-state index in [0.717, 1.165) is 28.0 Å². The minimum absolute atomic E-state index is 0.0781. The van der Waals surface area contributed by atoms with Gasteiger partial charge in [-0.05, 0) is 24.6 Å². The van der Waals surface area contributed by atoms with Gasteiger partial charge >= 0.3 is 5.69 Å². The zero-order valence-corrected chi connectivity index (χ0v) is 15.2. The molecule has 3 rings (SSSR count). The monoisotopic (exact) mass is 385 g/mol. The summed E-state index contributed by atoms with van der Waals surface area (Å²) in [5.74, 6) is 3.24. The van der Waals surface area contributed by atoms with Gasteiger partial charge in [-0.3, -0.25) is 9.36 Å². The summed E-state index contributed by atoms with van der Waals surface area (Å²) in [6.45, 7) is 5.26.